The summed E-state index contributed by atoms with van der Waals surface area (Å²) in [5.41, 5.74) is 1.12. The highest BCUT2D eigenvalue weighted by Crippen LogP contribution is 2.17. The van der Waals surface area contributed by atoms with Crippen LogP contribution in [0.4, 0.5) is 4.79 Å². The zero-order valence-corrected chi connectivity index (χ0v) is 9.69. The lowest BCUT2D eigenvalue weighted by atomic mass is 10.2. The zero-order chi connectivity index (χ0) is 12.1. The molecule has 5 heteroatoms. The van der Waals surface area contributed by atoms with Crippen LogP contribution in [0.25, 0.3) is 0 Å². The van der Waals surface area contributed by atoms with Crippen molar-refractivity contribution >= 4 is 12.0 Å². The first-order valence-corrected chi connectivity index (χ1v) is 5.43. The van der Waals surface area contributed by atoms with Gasteiger partial charge < -0.3 is 15.3 Å². The maximum atomic E-state index is 11.7. The van der Waals surface area contributed by atoms with Crippen LogP contribution >= 0.6 is 0 Å². The molecule has 1 aliphatic heterocycles. The maximum absolute atomic E-state index is 11.7. The highest BCUT2D eigenvalue weighted by molar-refractivity contribution is 5.83. The van der Waals surface area contributed by atoms with Crippen molar-refractivity contribution < 1.29 is 14.7 Å². The van der Waals surface area contributed by atoms with Crippen molar-refractivity contribution in [3.05, 3.63) is 11.6 Å². The molecule has 1 atom stereocenters. The molecule has 0 aromatic carbocycles. The van der Waals surface area contributed by atoms with E-state index in [0.29, 0.717) is 19.5 Å². The number of allylic oxidation sites excluding steroid dienone is 1. The molecule has 0 aromatic heterocycles. The van der Waals surface area contributed by atoms with E-state index in [1.54, 1.807) is 0 Å². The van der Waals surface area contributed by atoms with E-state index in [2.05, 4.69) is 5.32 Å². The molecule has 1 saturated heterocycles. The quantitative estimate of drug-likeness (QED) is 0.711. The molecule has 90 valence electrons. The lowest BCUT2D eigenvalue weighted by molar-refractivity contribution is -0.141. The summed E-state index contributed by atoms with van der Waals surface area (Å²) in [5.74, 6) is -0.921. The number of urea groups is 1. The fourth-order valence-electron chi connectivity index (χ4n) is 1.71. The number of carboxylic acids is 1. The number of carbonyl (C=O) groups excluding carboxylic acids is 1. The summed E-state index contributed by atoms with van der Waals surface area (Å²) in [6.45, 7) is 4.87. The predicted molar refractivity (Wildman–Crippen MR) is 60.2 cm³/mol. The SMILES string of the molecule is CC(C)=CCNC(=O)N1CCC[C@H]1C(=O)O. The molecule has 0 aliphatic carbocycles. The van der Waals surface area contributed by atoms with E-state index in [1.165, 1.54) is 4.90 Å². The molecule has 1 heterocycles. The number of carboxylic acid groups (broad SMARTS) is 1. The Kier molecular flexibility index (Phi) is 4.34. The van der Waals surface area contributed by atoms with Crippen LogP contribution in [0.1, 0.15) is 26.7 Å². The number of nitrogens with zero attached hydrogens (tertiary/aromatic N) is 1. The van der Waals surface area contributed by atoms with Gasteiger partial charge in [0.15, 0.2) is 0 Å². The van der Waals surface area contributed by atoms with E-state index in [9.17, 15) is 9.59 Å². The molecule has 0 bridgehead atoms. The summed E-state index contributed by atoms with van der Waals surface area (Å²) < 4.78 is 0. The number of aliphatic carboxylic acids is 1. The van der Waals surface area contributed by atoms with E-state index in [4.69, 9.17) is 5.11 Å². The largest absolute Gasteiger partial charge is 0.480 e. The highest BCUT2D eigenvalue weighted by Gasteiger charge is 2.33. The Hall–Kier alpha value is -1.52. The predicted octanol–water partition coefficient (Wildman–Crippen LogP) is 1.21. The van der Waals surface area contributed by atoms with Gasteiger partial charge >= 0.3 is 12.0 Å². The fourth-order valence-corrected chi connectivity index (χ4v) is 1.71. The monoisotopic (exact) mass is 226 g/mol. The van der Waals surface area contributed by atoms with Crippen molar-refractivity contribution in [2.45, 2.75) is 32.7 Å². The van der Waals surface area contributed by atoms with Gasteiger partial charge in [0.1, 0.15) is 6.04 Å². The molecule has 2 amide bonds. The molecule has 0 aromatic rings. The smallest absolute Gasteiger partial charge is 0.326 e. The van der Waals surface area contributed by atoms with Crippen molar-refractivity contribution in [2.75, 3.05) is 13.1 Å². The molecular formula is C11H18N2O3. The standard InChI is InChI=1S/C11H18N2O3/c1-8(2)5-6-12-11(16)13-7-3-4-9(13)10(14)15/h5,9H,3-4,6-7H2,1-2H3,(H,12,16)(H,14,15)/t9-/m0/s1. The molecule has 0 radical (unpaired) electrons. The van der Waals surface area contributed by atoms with E-state index >= 15 is 0 Å². The average Bonchev–Trinajstić information content (AvgIpc) is 2.65. The molecule has 0 spiro atoms. The van der Waals surface area contributed by atoms with Gasteiger partial charge in [-0.2, -0.15) is 0 Å². The van der Waals surface area contributed by atoms with Gasteiger partial charge in [-0.1, -0.05) is 11.6 Å². The summed E-state index contributed by atoms with van der Waals surface area (Å²) in [7, 11) is 0. The van der Waals surface area contributed by atoms with Crippen molar-refractivity contribution in [1.29, 1.82) is 0 Å². The fraction of sp³-hybridized carbons (Fsp3) is 0.636. The van der Waals surface area contributed by atoms with E-state index < -0.39 is 12.0 Å². The van der Waals surface area contributed by atoms with Gasteiger partial charge in [-0.25, -0.2) is 9.59 Å². The van der Waals surface area contributed by atoms with E-state index in [0.717, 1.165) is 12.0 Å². The van der Waals surface area contributed by atoms with Crippen LogP contribution in [0.3, 0.4) is 0 Å². The zero-order valence-electron chi connectivity index (χ0n) is 9.69. The van der Waals surface area contributed by atoms with Gasteiger partial charge in [-0.3, -0.25) is 0 Å². The average molecular weight is 226 g/mol. The normalized spacial score (nSPS) is 19.4. The minimum absolute atomic E-state index is 0.289. The first-order valence-electron chi connectivity index (χ1n) is 5.43. The third kappa shape index (κ3) is 3.25. The van der Waals surface area contributed by atoms with Crippen LogP contribution < -0.4 is 5.32 Å². The molecule has 2 N–H and O–H groups in total. The molecule has 0 unspecified atom stereocenters. The first kappa shape index (κ1) is 12.5. The summed E-state index contributed by atoms with van der Waals surface area (Å²) in [6.07, 6.45) is 3.20. The Morgan fingerprint density at radius 3 is 2.75 bits per heavy atom. The summed E-state index contributed by atoms with van der Waals surface area (Å²) in [6, 6.07) is -0.950. The number of hydrogen-bond donors (Lipinski definition) is 2. The van der Waals surface area contributed by atoms with Crippen molar-refractivity contribution in [2.24, 2.45) is 0 Å². The van der Waals surface area contributed by atoms with E-state index in [-0.39, 0.29) is 6.03 Å². The van der Waals surface area contributed by atoms with Crippen molar-refractivity contribution in [1.82, 2.24) is 10.2 Å². The Morgan fingerprint density at radius 1 is 1.50 bits per heavy atom. The van der Waals surface area contributed by atoms with Gasteiger partial charge in [0.25, 0.3) is 0 Å². The van der Waals surface area contributed by atoms with Crippen LogP contribution in [0.5, 0.6) is 0 Å². The van der Waals surface area contributed by atoms with Crippen LogP contribution in [0, 0.1) is 0 Å². The molecule has 5 nitrogen and oxygen atoms in total. The Bertz CT molecular complexity index is 308. The molecule has 1 rings (SSSR count). The third-order valence-corrected chi connectivity index (χ3v) is 2.56. The lowest BCUT2D eigenvalue weighted by Gasteiger charge is -2.21. The van der Waals surface area contributed by atoms with Crippen LogP contribution in [-0.4, -0.2) is 41.1 Å². The van der Waals surface area contributed by atoms with Crippen molar-refractivity contribution in [3.8, 4) is 0 Å². The van der Waals surface area contributed by atoms with Gasteiger partial charge in [0.2, 0.25) is 0 Å². The Balaban J connectivity index is 2.47. The van der Waals surface area contributed by atoms with Crippen molar-refractivity contribution in [3.63, 3.8) is 0 Å². The maximum Gasteiger partial charge on any atom is 0.326 e. The number of hydrogen-bond acceptors (Lipinski definition) is 2. The van der Waals surface area contributed by atoms with Gasteiger partial charge in [-0.15, -0.1) is 0 Å². The summed E-state index contributed by atoms with van der Waals surface area (Å²) in [5, 5.41) is 11.6. The summed E-state index contributed by atoms with van der Waals surface area (Å²) >= 11 is 0. The highest BCUT2D eigenvalue weighted by atomic mass is 16.4. The van der Waals surface area contributed by atoms with Crippen LogP contribution in [-0.2, 0) is 4.79 Å². The topological polar surface area (TPSA) is 69.6 Å². The number of amides is 2. The molecule has 0 saturated carbocycles. The van der Waals surface area contributed by atoms with Crippen LogP contribution in [0.15, 0.2) is 11.6 Å². The summed E-state index contributed by atoms with van der Waals surface area (Å²) in [4.78, 5) is 23.9. The number of nitrogens with one attached hydrogen (secondary N) is 1. The third-order valence-electron chi connectivity index (χ3n) is 2.56. The molecular weight excluding hydrogens is 208 g/mol. The minimum Gasteiger partial charge on any atom is -0.480 e. The first-order chi connectivity index (χ1) is 7.52. The molecule has 1 fully saturated rings. The van der Waals surface area contributed by atoms with Gasteiger partial charge in [0.05, 0.1) is 0 Å². The number of rotatable bonds is 3. The van der Waals surface area contributed by atoms with E-state index in [1.807, 2.05) is 19.9 Å². The molecule has 16 heavy (non-hydrogen) atoms. The Morgan fingerprint density at radius 2 is 2.19 bits per heavy atom. The second kappa shape index (κ2) is 5.53. The second-order valence-electron chi connectivity index (χ2n) is 4.16. The number of carbonyl (C=O) groups is 2. The molecule has 1 aliphatic rings. The lowest BCUT2D eigenvalue weighted by Crippen LogP contribution is -2.46. The van der Waals surface area contributed by atoms with Gasteiger partial charge in [0, 0.05) is 13.1 Å². The second-order valence-corrected chi connectivity index (χ2v) is 4.16. The van der Waals surface area contributed by atoms with Crippen LogP contribution in [0.2, 0.25) is 0 Å². The minimum atomic E-state index is -0.921. The Labute approximate surface area is 95.1 Å². The number of likely N-dealkylation sites (tertiary alicyclic amines) is 1. The van der Waals surface area contributed by atoms with Gasteiger partial charge in [-0.05, 0) is 26.7 Å².